The third-order valence-electron chi connectivity index (χ3n) is 5.04. The minimum Gasteiger partial charge on any atom is -0.321 e. The smallest absolute Gasteiger partial charge is 0.256 e. The molecular formula is C19H17ClN8O. The van der Waals surface area contributed by atoms with Crippen molar-refractivity contribution >= 4 is 34.2 Å². The first-order chi connectivity index (χ1) is 14.0. The van der Waals surface area contributed by atoms with Gasteiger partial charge in [-0.3, -0.25) is 9.48 Å². The van der Waals surface area contributed by atoms with Crippen LogP contribution in [0.3, 0.4) is 0 Å². The molecule has 4 aromatic rings. The summed E-state index contributed by atoms with van der Waals surface area (Å²) in [6, 6.07) is 7.08. The third kappa shape index (κ3) is 3.13. The number of benzene rings is 1. The highest BCUT2D eigenvalue weighted by atomic mass is 35.5. The van der Waals surface area contributed by atoms with Gasteiger partial charge in [-0.05, 0) is 54.5 Å². The molecule has 0 aliphatic heterocycles. The summed E-state index contributed by atoms with van der Waals surface area (Å²) in [7, 11) is 1.84. The Morgan fingerprint density at radius 1 is 1.28 bits per heavy atom. The monoisotopic (exact) mass is 408 g/mol. The zero-order valence-electron chi connectivity index (χ0n) is 15.8. The van der Waals surface area contributed by atoms with Crippen molar-refractivity contribution in [3.8, 4) is 5.69 Å². The minimum absolute atomic E-state index is 0.258. The fraction of sp³-hybridized carbons (Fsp3) is 0.263. The maximum Gasteiger partial charge on any atom is 0.256 e. The van der Waals surface area contributed by atoms with Crippen LogP contribution in [0.25, 0.3) is 16.7 Å². The maximum atomic E-state index is 13.3. The predicted octanol–water partition coefficient (Wildman–Crippen LogP) is 3.04. The molecule has 0 spiro atoms. The lowest BCUT2D eigenvalue weighted by molar-refractivity contribution is 0.102. The Hall–Kier alpha value is -3.33. The largest absolute Gasteiger partial charge is 0.321 e. The van der Waals surface area contributed by atoms with Gasteiger partial charge in [0.05, 0.1) is 33.0 Å². The molecule has 9 nitrogen and oxygen atoms in total. The number of pyridine rings is 1. The average molecular weight is 409 g/mol. The second-order valence-corrected chi connectivity index (χ2v) is 7.56. The standard InChI is InChI=1S/C19H17ClN8O/c1-10-17-13(8-15(11-3-4-11)22-18(17)27(2)24-10)19(29)23-16-7-12(5-6-14(16)20)28-9-21-25-26-28/h5-9,11H,3-4H2,1-2H3,(H,23,29). The van der Waals surface area contributed by atoms with Crippen molar-refractivity contribution in [2.45, 2.75) is 25.7 Å². The second-order valence-electron chi connectivity index (χ2n) is 7.15. The molecule has 1 amide bonds. The number of tetrazole rings is 1. The lowest BCUT2D eigenvalue weighted by Gasteiger charge is -2.11. The average Bonchev–Trinajstić information content (AvgIpc) is 3.34. The number of carbonyl (C=O) groups excluding carboxylic acids is 1. The molecule has 1 aromatic carbocycles. The van der Waals surface area contributed by atoms with Crippen LogP contribution in [0.2, 0.25) is 5.02 Å². The highest BCUT2D eigenvalue weighted by Gasteiger charge is 2.28. The van der Waals surface area contributed by atoms with Crippen molar-refractivity contribution in [3.63, 3.8) is 0 Å². The van der Waals surface area contributed by atoms with E-state index in [0.29, 0.717) is 33.5 Å². The van der Waals surface area contributed by atoms with Crippen molar-refractivity contribution in [2.75, 3.05) is 5.32 Å². The Morgan fingerprint density at radius 2 is 2.10 bits per heavy atom. The number of carbonyl (C=O) groups is 1. The van der Waals surface area contributed by atoms with Crippen LogP contribution in [-0.2, 0) is 7.05 Å². The first kappa shape index (κ1) is 17.7. The topological polar surface area (TPSA) is 103 Å². The van der Waals surface area contributed by atoms with Crippen LogP contribution in [0, 0.1) is 6.92 Å². The van der Waals surface area contributed by atoms with E-state index in [1.54, 1.807) is 22.9 Å². The summed E-state index contributed by atoms with van der Waals surface area (Å²) in [6.07, 6.45) is 3.66. The molecule has 0 radical (unpaired) electrons. The maximum absolute atomic E-state index is 13.3. The summed E-state index contributed by atoms with van der Waals surface area (Å²) in [4.78, 5) is 18.0. The summed E-state index contributed by atoms with van der Waals surface area (Å²) < 4.78 is 3.21. The predicted molar refractivity (Wildman–Crippen MR) is 107 cm³/mol. The van der Waals surface area contributed by atoms with Gasteiger partial charge in [-0.15, -0.1) is 5.10 Å². The number of hydrogen-bond acceptors (Lipinski definition) is 6. The van der Waals surface area contributed by atoms with Crippen molar-refractivity contribution in [3.05, 3.63) is 52.6 Å². The van der Waals surface area contributed by atoms with Gasteiger partial charge in [-0.2, -0.15) is 5.10 Å². The van der Waals surface area contributed by atoms with Gasteiger partial charge in [0.15, 0.2) is 5.65 Å². The van der Waals surface area contributed by atoms with E-state index in [4.69, 9.17) is 16.6 Å². The molecule has 146 valence electrons. The number of rotatable bonds is 4. The number of halogens is 1. The fourth-order valence-corrected chi connectivity index (χ4v) is 3.62. The van der Waals surface area contributed by atoms with Gasteiger partial charge in [0.25, 0.3) is 5.91 Å². The quantitative estimate of drug-likeness (QED) is 0.556. The first-order valence-electron chi connectivity index (χ1n) is 9.20. The number of anilines is 1. The molecule has 3 heterocycles. The van der Waals surface area contributed by atoms with Crippen LogP contribution in [-0.4, -0.2) is 40.9 Å². The van der Waals surface area contributed by atoms with Crippen LogP contribution in [0.5, 0.6) is 0 Å². The summed E-state index contributed by atoms with van der Waals surface area (Å²) in [5, 5.41) is 19.7. The van der Waals surface area contributed by atoms with Crippen LogP contribution in [0.1, 0.15) is 40.5 Å². The first-order valence-corrected chi connectivity index (χ1v) is 9.57. The summed E-state index contributed by atoms with van der Waals surface area (Å²) in [5.74, 6) is 0.152. The third-order valence-corrected chi connectivity index (χ3v) is 5.37. The van der Waals surface area contributed by atoms with Crippen LogP contribution in [0.15, 0.2) is 30.6 Å². The normalized spacial score (nSPS) is 13.8. The van der Waals surface area contributed by atoms with E-state index >= 15 is 0 Å². The van der Waals surface area contributed by atoms with Crippen molar-refractivity contribution < 1.29 is 4.79 Å². The van der Waals surface area contributed by atoms with Crippen molar-refractivity contribution in [1.82, 2.24) is 35.0 Å². The van der Waals surface area contributed by atoms with Gasteiger partial charge in [0.2, 0.25) is 0 Å². The van der Waals surface area contributed by atoms with E-state index in [0.717, 1.165) is 29.6 Å². The van der Waals surface area contributed by atoms with Crippen molar-refractivity contribution in [1.29, 1.82) is 0 Å². The molecule has 1 fully saturated rings. The van der Waals surface area contributed by atoms with Crippen molar-refractivity contribution in [2.24, 2.45) is 7.05 Å². The van der Waals surface area contributed by atoms with E-state index in [2.05, 4.69) is 25.9 Å². The van der Waals surface area contributed by atoms with Gasteiger partial charge < -0.3 is 5.32 Å². The number of nitrogens with one attached hydrogen (secondary N) is 1. The van der Waals surface area contributed by atoms with E-state index in [9.17, 15) is 4.79 Å². The Kier molecular flexibility index (Phi) is 4.06. The molecular weight excluding hydrogens is 392 g/mol. The summed E-state index contributed by atoms with van der Waals surface area (Å²) in [5.41, 5.74) is 4.11. The highest BCUT2D eigenvalue weighted by Crippen LogP contribution is 2.40. The van der Waals surface area contributed by atoms with E-state index in [1.165, 1.54) is 11.0 Å². The van der Waals surface area contributed by atoms with Crippen LogP contribution < -0.4 is 5.32 Å². The molecule has 1 saturated carbocycles. The van der Waals surface area contributed by atoms with Crippen LogP contribution in [0.4, 0.5) is 5.69 Å². The molecule has 0 unspecified atom stereocenters. The summed E-state index contributed by atoms with van der Waals surface area (Å²) >= 11 is 6.33. The van der Waals surface area contributed by atoms with E-state index in [1.807, 2.05) is 20.0 Å². The molecule has 0 atom stereocenters. The summed E-state index contributed by atoms with van der Waals surface area (Å²) in [6.45, 7) is 1.88. The lowest BCUT2D eigenvalue weighted by Crippen LogP contribution is -2.14. The lowest BCUT2D eigenvalue weighted by atomic mass is 10.1. The highest BCUT2D eigenvalue weighted by molar-refractivity contribution is 6.34. The fourth-order valence-electron chi connectivity index (χ4n) is 3.45. The molecule has 10 heteroatoms. The zero-order chi connectivity index (χ0) is 20.1. The molecule has 1 aliphatic rings. The molecule has 1 N–H and O–H groups in total. The second kappa shape index (κ2) is 6.63. The van der Waals surface area contributed by atoms with E-state index in [-0.39, 0.29) is 5.91 Å². The Balaban J connectivity index is 1.56. The number of aryl methyl sites for hydroxylation is 2. The van der Waals surface area contributed by atoms with Crippen LogP contribution >= 0.6 is 11.6 Å². The molecule has 3 aromatic heterocycles. The molecule has 29 heavy (non-hydrogen) atoms. The number of fused-ring (bicyclic) bond motifs is 1. The minimum atomic E-state index is -0.258. The number of aromatic nitrogens is 7. The van der Waals surface area contributed by atoms with Gasteiger partial charge in [0.1, 0.15) is 6.33 Å². The number of nitrogens with zero attached hydrogens (tertiary/aromatic N) is 7. The van der Waals surface area contributed by atoms with Gasteiger partial charge >= 0.3 is 0 Å². The van der Waals surface area contributed by atoms with Gasteiger partial charge in [0, 0.05) is 18.7 Å². The molecule has 1 aliphatic carbocycles. The molecule has 0 bridgehead atoms. The van der Waals surface area contributed by atoms with E-state index < -0.39 is 0 Å². The Labute approximate surface area is 170 Å². The van der Waals surface area contributed by atoms with Gasteiger partial charge in [-0.1, -0.05) is 11.6 Å². The Morgan fingerprint density at radius 3 is 2.83 bits per heavy atom. The molecule has 0 saturated heterocycles. The number of hydrogen-bond donors (Lipinski definition) is 1. The van der Waals surface area contributed by atoms with Gasteiger partial charge in [-0.25, -0.2) is 9.67 Å². The SMILES string of the molecule is Cc1nn(C)c2nc(C3CC3)cc(C(=O)Nc3cc(-n4cnnn4)ccc3Cl)c12. The number of amides is 1. The Bertz CT molecular complexity index is 1240. The molecule has 5 rings (SSSR count). The zero-order valence-corrected chi connectivity index (χ0v) is 16.6.